The number of phosphoric ester groups is 2. The fourth-order valence-corrected chi connectivity index (χ4v) is 12.9. The van der Waals surface area contributed by atoms with Gasteiger partial charge in [0.15, 0.2) is 12.6 Å². The number of carbonyl (C=O) groups is 2. The van der Waals surface area contributed by atoms with E-state index in [2.05, 4.69) is 59.0 Å². The standard InChI is InChI=1S/C68H120Cl3NO22P2/c1-10-18-21-24-26-28-30-32-35-38-47-79-62-59(73)56(92-65(82-50-51-91-95(76,87-43-14-5)88-44-15-6)63(62)80-48-39-36-33-31-29-27-25-22-19-11-2)52-84-64-58(72-66(74)86-54-68(69,70)71)61(81-49-41-55(78-9)40-37-34-23-20-12-3)60(57(93-64)53-85-67(75)83-42-13-4)94-96(77,89-45-16-7)90-46-17-8/h13-17,55-65,73H,4-8,10-12,18-54H2,1-3,9H3,(H,72,74)/t55-,56-,57-,58-,59-,60-,61-,62+,63-,64-,65?/m1/s1/i47D,48D/t47?,48?,55-,56-,57-,58-,59-,60-,61-,62+,63-,64-,65?. The molecule has 560 valence electrons. The van der Waals surface area contributed by atoms with E-state index >= 15 is 0 Å². The summed E-state index contributed by atoms with van der Waals surface area (Å²) in [5.41, 5.74) is 0. The molecule has 23 nitrogen and oxygen atoms in total. The second-order valence-corrected chi connectivity index (χ2v) is 29.2. The number of aliphatic hydroxyl groups excluding tert-OH is 1. The minimum absolute atomic E-state index is 0.111. The average molecular weight is 1470 g/mol. The number of aliphatic hydroxyl groups is 1. The summed E-state index contributed by atoms with van der Waals surface area (Å²) in [6.07, 6.45) is 15.3. The van der Waals surface area contributed by atoms with Crippen LogP contribution in [0.25, 0.3) is 0 Å². The van der Waals surface area contributed by atoms with Crippen LogP contribution in [-0.4, -0.2) is 182 Å². The van der Waals surface area contributed by atoms with Gasteiger partial charge in [-0.1, -0.05) is 240 Å². The van der Waals surface area contributed by atoms with Gasteiger partial charge in [0, 0.05) is 26.9 Å². The molecule has 0 radical (unpaired) electrons. The van der Waals surface area contributed by atoms with Gasteiger partial charge in [-0.25, -0.2) is 18.7 Å². The van der Waals surface area contributed by atoms with Crippen molar-refractivity contribution in [3.8, 4) is 0 Å². The van der Waals surface area contributed by atoms with Crippen molar-refractivity contribution in [2.24, 2.45) is 0 Å². The summed E-state index contributed by atoms with van der Waals surface area (Å²) >= 11 is 18.2. The zero-order valence-corrected chi connectivity index (χ0v) is 61.9. The highest BCUT2D eigenvalue weighted by Crippen LogP contribution is 2.53. The Kier molecular flexibility index (Phi) is 50.8. The number of alkyl halides is 3. The molecule has 2 heterocycles. The van der Waals surface area contributed by atoms with E-state index in [9.17, 15) is 26.6 Å². The Balaban J connectivity index is 2.89. The number of hydrogen-bond acceptors (Lipinski definition) is 22. The molecule has 0 aromatic rings. The van der Waals surface area contributed by atoms with Crippen molar-refractivity contribution < 1.29 is 106 Å². The van der Waals surface area contributed by atoms with E-state index in [1.54, 1.807) is 7.11 Å². The molecule has 0 saturated carbocycles. The molecule has 1 amide bonds. The molecule has 0 spiro atoms. The van der Waals surface area contributed by atoms with Gasteiger partial charge >= 0.3 is 27.9 Å². The molecule has 2 fully saturated rings. The number of phosphoric acid groups is 2. The van der Waals surface area contributed by atoms with Gasteiger partial charge in [-0.05, 0) is 25.7 Å². The number of methoxy groups -OCH3 is 1. The second kappa shape index (κ2) is 56.5. The molecule has 2 aliphatic heterocycles. The number of ether oxygens (including phenoxy) is 11. The Morgan fingerprint density at radius 2 is 1.00 bits per heavy atom. The molecule has 13 atom stereocenters. The monoisotopic (exact) mass is 1470 g/mol. The first kappa shape index (κ1) is 86.4. The van der Waals surface area contributed by atoms with Gasteiger partial charge < -0.3 is 62.5 Å². The van der Waals surface area contributed by atoms with E-state index in [4.69, 9.17) is 114 Å². The van der Waals surface area contributed by atoms with Crippen molar-refractivity contribution in [3.05, 3.63) is 63.3 Å². The van der Waals surface area contributed by atoms with Crippen LogP contribution < -0.4 is 5.32 Å². The Labute approximate surface area is 592 Å². The van der Waals surface area contributed by atoms with Crippen molar-refractivity contribution >= 4 is 62.7 Å². The smallest absolute Gasteiger partial charge is 0.445 e. The Morgan fingerprint density at radius 1 is 0.521 bits per heavy atom. The number of amides is 1. The van der Waals surface area contributed by atoms with Crippen LogP contribution in [0.3, 0.4) is 0 Å². The van der Waals surface area contributed by atoms with E-state index in [1.807, 2.05) is 0 Å². The van der Waals surface area contributed by atoms with Gasteiger partial charge in [0.05, 0.1) is 55.1 Å². The largest absolute Gasteiger partial charge is 0.508 e. The lowest BCUT2D eigenvalue weighted by atomic mass is 9.96. The molecule has 0 aromatic heterocycles. The minimum atomic E-state index is -4.73. The molecule has 28 heteroatoms. The maximum atomic E-state index is 14.7. The maximum Gasteiger partial charge on any atom is 0.508 e. The van der Waals surface area contributed by atoms with E-state index in [-0.39, 0.29) is 65.2 Å². The first-order valence-electron chi connectivity index (χ1n) is 35.8. The SMILES string of the molecule is [2H]C(CCCCCCCCCCC)O[C@H]1[C@H](O)[C@@H](CO[C@@H]2O[C@H](COC(=O)OCC=C)[C@@H](OP(=O)(OCC=C)OCC=C)[C@H](OCC[C@@H](CCCCCCC)OC)[C@H]2NC(=O)OCC(Cl)(Cl)Cl)OC(OCCOP(=O)(OCC=C)OCC=C)[C@@H]1OC([2H])CCCCCCCCCCC. The van der Waals surface area contributed by atoms with E-state index in [0.717, 1.165) is 96.3 Å². The van der Waals surface area contributed by atoms with Crippen LogP contribution in [0.4, 0.5) is 9.59 Å². The third-order valence-corrected chi connectivity index (χ3v) is 18.6. The fourth-order valence-electron chi connectivity index (χ4n) is 10.3. The van der Waals surface area contributed by atoms with Gasteiger partial charge in [0.25, 0.3) is 0 Å². The van der Waals surface area contributed by atoms with Crippen molar-refractivity contribution in [3.63, 3.8) is 0 Å². The highest BCUT2D eigenvalue weighted by molar-refractivity contribution is 7.48. The van der Waals surface area contributed by atoms with Crippen LogP contribution in [0.5, 0.6) is 0 Å². The molecule has 2 rings (SSSR count). The third-order valence-electron chi connectivity index (χ3n) is 15.4. The molecule has 2 N–H and O–H groups in total. The number of unbranched alkanes of at least 4 members (excludes halogenated alkanes) is 20. The summed E-state index contributed by atoms with van der Waals surface area (Å²) in [6, 6.07) is -1.59. The Bertz CT molecular complexity index is 2190. The van der Waals surface area contributed by atoms with Crippen molar-refractivity contribution in [1.82, 2.24) is 5.32 Å². The van der Waals surface area contributed by atoms with Crippen LogP contribution >= 0.6 is 50.4 Å². The van der Waals surface area contributed by atoms with Crippen LogP contribution in [0.15, 0.2) is 63.3 Å². The van der Waals surface area contributed by atoms with E-state index < -0.39 is 133 Å². The predicted octanol–water partition coefficient (Wildman–Crippen LogP) is 16.8. The number of nitrogens with one attached hydrogen (secondary N) is 1. The van der Waals surface area contributed by atoms with Gasteiger partial charge in [-0.2, -0.15) is 0 Å². The number of alkyl carbamates (subject to hydrolysis) is 1. The first-order valence-corrected chi connectivity index (χ1v) is 38.7. The zero-order chi connectivity index (χ0) is 72.3. The Hall–Kier alpha value is -2.03. The van der Waals surface area contributed by atoms with Gasteiger partial charge in [-0.15, -0.1) is 26.3 Å². The molecule has 96 heavy (non-hydrogen) atoms. The fraction of sp³-hybridized carbons (Fsp3) is 0.824. The summed E-state index contributed by atoms with van der Waals surface area (Å²) in [5.74, 6) is 0. The third kappa shape index (κ3) is 41.2. The van der Waals surface area contributed by atoms with E-state index in [1.165, 1.54) is 68.9 Å². The summed E-state index contributed by atoms with van der Waals surface area (Å²) in [6.45, 7) is 18.0. The molecule has 2 saturated heterocycles. The maximum absolute atomic E-state index is 14.7. The van der Waals surface area contributed by atoms with E-state index in [0.29, 0.717) is 25.7 Å². The normalized spacial score (nSPS) is 22.8. The second-order valence-electron chi connectivity index (χ2n) is 23.4. The highest BCUT2D eigenvalue weighted by atomic mass is 35.6. The molecular weight excluding hydrogens is 1350 g/mol. The lowest BCUT2D eigenvalue weighted by molar-refractivity contribution is -0.331. The molecular formula is C68H120Cl3NO22P2. The molecule has 0 aromatic carbocycles. The number of hydrogen-bond donors (Lipinski definition) is 2. The quantitative estimate of drug-likeness (QED) is 0.0189. The highest BCUT2D eigenvalue weighted by Gasteiger charge is 2.54. The molecule has 0 bridgehead atoms. The topological polar surface area (TPSA) is 257 Å². The lowest BCUT2D eigenvalue weighted by Gasteiger charge is -2.47. The van der Waals surface area contributed by atoms with Crippen LogP contribution in [0.2, 0.25) is 0 Å². The molecule has 3 unspecified atom stereocenters. The molecule has 0 aliphatic carbocycles. The Morgan fingerprint density at radius 3 is 1.50 bits per heavy atom. The summed E-state index contributed by atoms with van der Waals surface area (Å²) in [4.78, 5) is 27.2. The van der Waals surface area contributed by atoms with Gasteiger partial charge in [0.1, 0.15) is 68.6 Å². The van der Waals surface area contributed by atoms with Gasteiger partial charge in [0.2, 0.25) is 3.79 Å². The van der Waals surface area contributed by atoms with Crippen LogP contribution in [0.1, 0.15) is 197 Å². The van der Waals surface area contributed by atoms with Crippen molar-refractivity contribution in [2.45, 2.75) is 265 Å². The molecule has 2 aliphatic rings. The minimum Gasteiger partial charge on any atom is -0.445 e. The number of carbonyl (C=O) groups excluding carboxylic acids is 2. The zero-order valence-electron chi connectivity index (χ0n) is 59.8. The number of rotatable bonds is 63. The predicted molar refractivity (Wildman–Crippen MR) is 374 cm³/mol. The van der Waals surface area contributed by atoms with Crippen molar-refractivity contribution in [1.29, 1.82) is 0 Å². The van der Waals surface area contributed by atoms with Crippen LogP contribution in [0, 0.1) is 0 Å². The summed E-state index contributed by atoms with van der Waals surface area (Å²) in [7, 11) is -7.35. The average Bonchev–Trinajstić information content (AvgIpc) is 0.782. The summed E-state index contributed by atoms with van der Waals surface area (Å²) in [5, 5.41) is 15.4. The van der Waals surface area contributed by atoms with Gasteiger partial charge in [-0.3, -0.25) is 27.1 Å². The van der Waals surface area contributed by atoms with Crippen molar-refractivity contribution in [2.75, 3.05) is 93.0 Å². The summed E-state index contributed by atoms with van der Waals surface area (Å²) < 4.78 is 147. The number of halogens is 3. The first-order chi connectivity index (χ1) is 47.2. The van der Waals surface area contributed by atoms with Crippen LogP contribution in [-0.2, 0) is 88.4 Å². The lowest BCUT2D eigenvalue weighted by Crippen LogP contribution is -2.67.